The number of amides is 3. The number of carbonyl (C=O) groups is 4. The Hall–Kier alpha value is -1.89. The van der Waals surface area contributed by atoms with Gasteiger partial charge in [-0.25, -0.2) is 4.79 Å². The van der Waals surface area contributed by atoms with E-state index in [9.17, 15) is 24.3 Å². The third-order valence-electron chi connectivity index (χ3n) is 5.16. The second-order valence-electron chi connectivity index (χ2n) is 7.51. The molecule has 1 fully saturated rings. The van der Waals surface area contributed by atoms with Crippen LogP contribution >= 0.6 is 11.8 Å². The highest BCUT2D eigenvalue weighted by Gasteiger charge is 2.38. The van der Waals surface area contributed by atoms with E-state index in [2.05, 4.69) is 10.6 Å². The van der Waals surface area contributed by atoms with E-state index in [1.165, 1.54) is 16.7 Å². The predicted octanol–water partition coefficient (Wildman–Crippen LogP) is -1.77. The van der Waals surface area contributed by atoms with Crippen molar-refractivity contribution >= 4 is 35.5 Å². The monoisotopic (exact) mass is 461 g/mol. The molecule has 1 heterocycles. The van der Waals surface area contributed by atoms with Gasteiger partial charge in [-0.3, -0.25) is 14.4 Å². The number of hydrogen-bond donors (Lipinski definition) is 6. The number of hydrogen-bond acceptors (Lipinski definition) is 8. The van der Waals surface area contributed by atoms with Crippen molar-refractivity contribution in [2.24, 2.45) is 11.5 Å². The van der Waals surface area contributed by atoms with E-state index in [0.29, 0.717) is 50.9 Å². The van der Waals surface area contributed by atoms with Crippen LogP contribution in [0.25, 0.3) is 0 Å². The molecular formula is C19H35N5O6S. The van der Waals surface area contributed by atoms with E-state index in [0.717, 1.165) is 0 Å². The molecule has 31 heavy (non-hydrogen) atoms. The second kappa shape index (κ2) is 14.2. The van der Waals surface area contributed by atoms with Gasteiger partial charge in [0.1, 0.15) is 24.2 Å². The molecule has 1 saturated heterocycles. The highest BCUT2D eigenvalue weighted by Crippen LogP contribution is 2.20. The summed E-state index contributed by atoms with van der Waals surface area (Å²) >= 11 is 1.50. The molecule has 4 atom stereocenters. The first-order valence-electron chi connectivity index (χ1n) is 10.5. The number of carbonyl (C=O) groups excluding carboxylic acids is 3. The fourth-order valence-corrected chi connectivity index (χ4v) is 3.85. The van der Waals surface area contributed by atoms with Crippen LogP contribution in [0.15, 0.2) is 0 Å². The zero-order valence-electron chi connectivity index (χ0n) is 17.9. The molecule has 11 nitrogen and oxygen atoms in total. The number of nitrogens with zero attached hydrogens (tertiary/aromatic N) is 1. The molecule has 0 bridgehead atoms. The van der Waals surface area contributed by atoms with Gasteiger partial charge < -0.3 is 37.2 Å². The number of aliphatic hydroxyl groups excluding tert-OH is 1. The van der Waals surface area contributed by atoms with Crippen LogP contribution in [-0.2, 0) is 19.2 Å². The minimum Gasteiger partial charge on any atom is -0.480 e. The van der Waals surface area contributed by atoms with Crippen LogP contribution in [0.4, 0.5) is 0 Å². The van der Waals surface area contributed by atoms with E-state index in [1.807, 2.05) is 6.26 Å². The first-order valence-corrected chi connectivity index (χ1v) is 11.9. The lowest BCUT2D eigenvalue weighted by Crippen LogP contribution is -2.57. The average molecular weight is 462 g/mol. The number of nitrogens with two attached hydrogens (primary N) is 2. The molecule has 0 aromatic heterocycles. The fourth-order valence-electron chi connectivity index (χ4n) is 3.38. The summed E-state index contributed by atoms with van der Waals surface area (Å²) in [7, 11) is 0. The Balaban J connectivity index is 2.93. The van der Waals surface area contributed by atoms with Gasteiger partial charge in [-0.15, -0.1) is 0 Å². The van der Waals surface area contributed by atoms with Gasteiger partial charge >= 0.3 is 5.97 Å². The first kappa shape index (κ1) is 27.1. The average Bonchev–Trinajstić information content (AvgIpc) is 3.24. The standard InChI is InChI=1S/C19H35N5O6S/c1-31-10-7-14(18(28)24-9-4-6-15(24)19(29)30)23-17(27)13(5-2-3-8-20)22-16(26)12(21)11-25/h12-15,25H,2-11,20-21H2,1H3,(H,22,26)(H,23,27)(H,29,30). The SMILES string of the molecule is CSCCC(NC(=O)C(CCCCN)NC(=O)C(N)CO)C(=O)N1CCCC1C(=O)O. The van der Waals surface area contributed by atoms with Crippen molar-refractivity contribution in [3.05, 3.63) is 0 Å². The molecule has 1 aliphatic heterocycles. The van der Waals surface area contributed by atoms with E-state index in [4.69, 9.17) is 16.6 Å². The Bertz CT molecular complexity index is 623. The number of aliphatic carboxylic acids is 1. The first-order chi connectivity index (χ1) is 14.8. The van der Waals surface area contributed by atoms with Crippen LogP contribution in [0, 0.1) is 0 Å². The molecule has 4 unspecified atom stereocenters. The summed E-state index contributed by atoms with van der Waals surface area (Å²) < 4.78 is 0. The largest absolute Gasteiger partial charge is 0.480 e. The van der Waals surface area contributed by atoms with Crippen LogP contribution < -0.4 is 22.1 Å². The van der Waals surface area contributed by atoms with E-state index < -0.39 is 54.5 Å². The van der Waals surface area contributed by atoms with Gasteiger partial charge in [0.15, 0.2) is 0 Å². The predicted molar refractivity (Wildman–Crippen MR) is 117 cm³/mol. The molecule has 8 N–H and O–H groups in total. The summed E-state index contributed by atoms with van der Waals surface area (Å²) in [6, 6.07) is -3.92. The van der Waals surface area contributed by atoms with Crippen LogP contribution in [0.1, 0.15) is 38.5 Å². The van der Waals surface area contributed by atoms with Gasteiger partial charge in [0, 0.05) is 6.54 Å². The van der Waals surface area contributed by atoms with Crippen LogP contribution in [0.2, 0.25) is 0 Å². The summed E-state index contributed by atoms with van der Waals surface area (Å²) in [5, 5.41) is 23.7. The molecule has 0 radical (unpaired) electrons. The molecule has 0 aromatic carbocycles. The number of rotatable bonds is 14. The van der Waals surface area contributed by atoms with E-state index >= 15 is 0 Å². The second-order valence-corrected chi connectivity index (χ2v) is 8.49. The third kappa shape index (κ3) is 8.63. The number of thioether (sulfide) groups is 1. The number of aliphatic hydroxyl groups is 1. The quantitative estimate of drug-likeness (QED) is 0.163. The lowest BCUT2D eigenvalue weighted by molar-refractivity contribution is -0.149. The summed E-state index contributed by atoms with van der Waals surface area (Å²) in [5.74, 6) is -2.15. The Morgan fingerprint density at radius 2 is 1.81 bits per heavy atom. The third-order valence-corrected chi connectivity index (χ3v) is 5.80. The summed E-state index contributed by atoms with van der Waals surface area (Å²) in [6.45, 7) is 0.186. The Labute approximate surface area is 186 Å². The molecular weight excluding hydrogens is 426 g/mol. The maximum Gasteiger partial charge on any atom is 0.326 e. The molecule has 1 rings (SSSR count). The minimum atomic E-state index is -1.17. The maximum absolute atomic E-state index is 13.0. The normalized spacial score (nSPS) is 18.8. The number of likely N-dealkylation sites (tertiary alicyclic amines) is 1. The van der Waals surface area contributed by atoms with Crippen molar-refractivity contribution in [3.63, 3.8) is 0 Å². The number of nitrogens with one attached hydrogen (secondary N) is 2. The van der Waals surface area contributed by atoms with Gasteiger partial charge in [-0.1, -0.05) is 0 Å². The van der Waals surface area contributed by atoms with Crippen molar-refractivity contribution in [3.8, 4) is 0 Å². The van der Waals surface area contributed by atoms with Crippen molar-refractivity contribution in [1.29, 1.82) is 0 Å². The molecule has 0 spiro atoms. The summed E-state index contributed by atoms with van der Waals surface area (Å²) in [6.07, 6.45) is 4.66. The Kier molecular flexibility index (Phi) is 12.5. The lowest BCUT2D eigenvalue weighted by atomic mass is 10.1. The highest BCUT2D eigenvalue weighted by molar-refractivity contribution is 7.98. The number of carboxylic acids is 1. The van der Waals surface area contributed by atoms with Crippen LogP contribution in [0.3, 0.4) is 0 Å². The molecule has 1 aliphatic rings. The van der Waals surface area contributed by atoms with Crippen LogP contribution in [0.5, 0.6) is 0 Å². The van der Waals surface area contributed by atoms with Crippen molar-refractivity contribution in [2.45, 2.75) is 62.7 Å². The lowest BCUT2D eigenvalue weighted by Gasteiger charge is -2.29. The number of unbranched alkanes of at least 4 members (excludes halogenated alkanes) is 1. The molecule has 3 amide bonds. The number of carboxylic acid groups (broad SMARTS) is 1. The smallest absolute Gasteiger partial charge is 0.326 e. The van der Waals surface area contributed by atoms with Gasteiger partial charge in [0.2, 0.25) is 17.7 Å². The minimum absolute atomic E-state index is 0.290. The maximum atomic E-state index is 13.0. The fraction of sp³-hybridized carbons (Fsp3) is 0.789. The Morgan fingerprint density at radius 1 is 1.13 bits per heavy atom. The van der Waals surface area contributed by atoms with Crippen LogP contribution in [-0.4, -0.2) is 94.7 Å². The van der Waals surface area contributed by atoms with Gasteiger partial charge in [-0.2, -0.15) is 11.8 Å². The molecule has 12 heteroatoms. The molecule has 0 aromatic rings. The zero-order chi connectivity index (χ0) is 23.4. The topological polar surface area (TPSA) is 188 Å². The summed E-state index contributed by atoms with van der Waals surface area (Å²) in [4.78, 5) is 50.8. The summed E-state index contributed by atoms with van der Waals surface area (Å²) in [5.41, 5.74) is 11.0. The molecule has 0 aliphatic carbocycles. The van der Waals surface area contributed by atoms with Gasteiger partial charge in [-0.05, 0) is 57.1 Å². The zero-order valence-corrected chi connectivity index (χ0v) is 18.7. The highest BCUT2D eigenvalue weighted by atomic mass is 32.2. The van der Waals surface area contributed by atoms with Gasteiger partial charge in [0.25, 0.3) is 0 Å². The molecule has 178 valence electrons. The molecule has 0 saturated carbocycles. The Morgan fingerprint density at radius 3 is 2.39 bits per heavy atom. The van der Waals surface area contributed by atoms with Crippen molar-refractivity contribution < 1.29 is 29.4 Å². The van der Waals surface area contributed by atoms with Crippen molar-refractivity contribution in [1.82, 2.24) is 15.5 Å². The van der Waals surface area contributed by atoms with Crippen molar-refractivity contribution in [2.75, 3.05) is 31.7 Å². The van der Waals surface area contributed by atoms with E-state index in [-0.39, 0.29) is 6.42 Å². The van der Waals surface area contributed by atoms with Gasteiger partial charge in [0.05, 0.1) is 6.61 Å². The van der Waals surface area contributed by atoms with E-state index in [1.54, 1.807) is 0 Å².